The maximum Gasteiger partial charge on any atom is 0.132 e. The van der Waals surface area contributed by atoms with Crippen molar-refractivity contribution in [2.24, 2.45) is 0 Å². The molecule has 0 heterocycles. The fraction of sp³-hybridized carbons (Fsp3) is 0.929. The Morgan fingerprint density at radius 3 is 1.94 bits per heavy atom. The Labute approximate surface area is 102 Å². The lowest BCUT2D eigenvalue weighted by atomic mass is 10.1. The first-order valence-corrected chi connectivity index (χ1v) is 6.83. The highest BCUT2D eigenvalue weighted by Gasteiger charge is 1.97. The molecule has 0 aromatic heterocycles. The standard InChI is InChI=1S/C12H25NO.C2H6/c1-4-12(14)10-8-6-5-7-9-11-13(2)3;1-2/h4-11H2,1-3H3;1-2H3. The van der Waals surface area contributed by atoms with E-state index in [4.69, 9.17) is 0 Å². The van der Waals surface area contributed by atoms with Gasteiger partial charge < -0.3 is 4.90 Å². The first-order chi connectivity index (χ1) is 7.66. The Bertz CT molecular complexity index is 144. The fourth-order valence-electron chi connectivity index (χ4n) is 1.46. The van der Waals surface area contributed by atoms with Crippen LogP contribution in [0, 0.1) is 0 Å². The van der Waals surface area contributed by atoms with Crippen LogP contribution in [-0.2, 0) is 4.79 Å². The van der Waals surface area contributed by atoms with Crippen LogP contribution in [-0.4, -0.2) is 31.3 Å². The molecule has 16 heavy (non-hydrogen) atoms. The van der Waals surface area contributed by atoms with E-state index in [1.54, 1.807) is 0 Å². The Morgan fingerprint density at radius 1 is 0.938 bits per heavy atom. The van der Waals surface area contributed by atoms with Crippen molar-refractivity contribution >= 4 is 5.78 Å². The molecule has 0 aliphatic carbocycles. The zero-order chi connectivity index (χ0) is 12.8. The second kappa shape index (κ2) is 14.6. The number of carbonyl (C=O) groups is 1. The highest BCUT2D eigenvalue weighted by atomic mass is 16.1. The number of unbranched alkanes of at least 4 members (excludes halogenated alkanes) is 4. The van der Waals surface area contributed by atoms with Crippen LogP contribution in [0.4, 0.5) is 0 Å². The van der Waals surface area contributed by atoms with E-state index in [1.807, 2.05) is 20.8 Å². The van der Waals surface area contributed by atoms with Crippen LogP contribution in [0.1, 0.15) is 65.7 Å². The predicted octanol–water partition coefficient (Wildman–Crippen LogP) is 3.89. The topological polar surface area (TPSA) is 20.3 Å². The van der Waals surface area contributed by atoms with E-state index in [9.17, 15) is 4.79 Å². The summed E-state index contributed by atoms with van der Waals surface area (Å²) in [7, 11) is 4.22. The van der Waals surface area contributed by atoms with E-state index in [1.165, 1.54) is 32.2 Å². The van der Waals surface area contributed by atoms with Crippen molar-refractivity contribution in [2.45, 2.75) is 65.7 Å². The van der Waals surface area contributed by atoms with Gasteiger partial charge in [-0.1, -0.05) is 40.0 Å². The van der Waals surface area contributed by atoms with E-state index in [0.29, 0.717) is 12.2 Å². The Kier molecular flexibility index (Phi) is 16.5. The van der Waals surface area contributed by atoms with Crippen molar-refractivity contribution < 1.29 is 4.79 Å². The molecule has 0 saturated carbocycles. The second-order valence-corrected chi connectivity index (χ2v) is 4.21. The molecule has 0 aromatic rings. The minimum atomic E-state index is 0.415. The van der Waals surface area contributed by atoms with Crippen LogP contribution in [0.3, 0.4) is 0 Å². The number of hydrogen-bond acceptors (Lipinski definition) is 2. The van der Waals surface area contributed by atoms with Crippen LogP contribution in [0.2, 0.25) is 0 Å². The average Bonchev–Trinajstić information content (AvgIpc) is 2.29. The zero-order valence-electron chi connectivity index (χ0n) is 12.0. The van der Waals surface area contributed by atoms with Gasteiger partial charge in [-0.25, -0.2) is 0 Å². The summed E-state index contributed by atoms with van der Waals surface area (Å²) in [5, 5.41) is 0. The summed E-state index contributed by atoms with van der Waals surface area (Å²) in [4.78, 5) is 13.2. The van der Waals surface area contributed by atoms with Gasteiger partial charge in [0.1, 0.15) is 5.78 Å². The largest absolute Gasteiger partial charge is 0.309 e. The highest BCUT2D eigenvalue weighted by Crippen LogP contribution is 2.06. The summed E-state index contributed by atoms with van der Waals surface area (Å²) in [6.45, 7) is 7.13. The molecule has 2 nitrogen and oxygen atoms in total. The average molecular weight is 229 g/mol. The molecule has 0 unspecified atom stereocenters. The fourth-order valence-corrected chi connectivity index (χ4v) is 1.46. The van der Waals surface area contributed by atoms with Gasteiger partial charge in [-0.15, -0.1) is 0 Å². The number of nitrogens with zero attached hydrogens (tertiary/aromatic N) is 1. The molecule has 0 saturated heterocycles. The summed E-state index contributed by atoms with van der Waals surface area (Å²) in [6.07, 6.45) is 7.69. The van der Waals surface area contributed by atoms with Crippen molar-refractivity contribution in [3.05, 3.63) is 0 Å². The maximum absolute atomic E-state index is 11.0. The lowest BCUT2D eigenvalue weighted by molar-refractivity contribution is -0.118. The van der Waals surface area contributed by atoms with Gasteiger partial charge in [-0.05, 0) is 33.5 Å². The molecular weight excluding hydrogens is 198 g/mol. The first kappa shape index (κ1) is 18.0. The van der Waals surface area contributed by atoms with Gasteiger partial charge in [0, 0.05) is 12.8 Å². The molecule has 0 rings (SSSR count). The number of hydrogen-bond donors (Lipinski definition) is 0. The monoisotopic (exact) mass is 229 g/mol. The van der Waals surface area contributed by atoms with Gasteiger partial charge in [0.15, 0.2) is 0 Å². The minimum absolute atomic E-state index is 0.415. The van der Waals surface area contributed by atoms with E-state index < -0.39 is 0 Å². The predicted molar refractivity (Wildman–Crippen MR) is 72.9 cm³/mol. The van der Waals surface area contributed by atoms with Crippen molar-refractivity contribution in [3.63, 3.8) is 0 Å². The lowest BCUT2D eigenvalue weighted by Crippen LogP contribution is -2.12. The minimum Gasteiger partial charge on any atom is -0.309 e. The lowest BCUT2D eigenvalue weighted by Gasteiger charge is -2.08. The number of Topliss-reactive ketones (excluding diaryl/α,β-unsaturated/α-hetero) is 1. The summed E-state index contributed by atoms with van der Waals surface area (Å²) in [6, 6.07) is 0. The van der Waals surface area contributed by atoms with Gasteiger partial charge in [-0.3, -0.25) is 4.79 Å². The molecule has 0 amide bonds. The molecule has 0 atom stereocenters. The number of carbonyl (C=O) groups excluding carboxylic acids is 1. The Balaban J connectivity index is 0. The quantitative estimate of drug-likeness (QED) is 0.559. The first-order valence-electron chi connectivity index (χ1n) is 6.83. The SMILES string of the molecule is CC.CCC(=O)CCCCCCCN(C)C. The normalized spacial score (nSPS) is 9.88. The molecule has 0 radical (unpaired) electrons. The summed E-state index contributed by atoms with van der Waals surface area (Å²) in [5.74, 6) is 0.415. The smallest absolute Gasteiger partial charge is 0.132 e. The molecule has 2 heteroatoms. The summed E-state index contributed by atoms with van der Waals surface area (Å²) < 4.78 is 0. The Hall–Kier alpha value is -0.370. The molecule has 0 aromatic carbocycles. The van der Waals surface area contributed by atoms with E-state index in [0.717, 1.165) is 12.8 Å². The van der Waals surface area contributed by atoms with Crippen LogP contribution < -0.4 is 0 Å². The van der Waals surface area contributed by atoms with Gasteiger partial charge in [0.25, 0.3) is 0 Å². The van der Waals surface area contributed by atoms with Crippen molar-refractivity contribution in [3.8, 4) is 0 Å². The van der Waals surface area contributed by atoms with E-state index in [-0.39, 0.29) is 0 Å². The van der Waals surface area contributed by atoms with E-state index in [2.05, 4.69) is 19.0 Å². The molecular formula is C14H31NO. The maximum atomic E-state index is 11.0. The van der Waals surface area contributed by atoms with Gasteiger partial charge >= 0.3 is 0 Å². The molecule has 0 fully saturated rings. The zero-order valence-corrected chi connectivity index (χ0v) is 12.0. The third kappa shape index (κ3) is 16.1. The van der Waals surface area contributed by atoms with E-state index >= 15 is 0 Å². The Morgan fingerprint density at radius 2 is 1.44 bits per heavy atom. The molecule has 0 aliphatic heterocycles. The summed E-state index contributed by atoms with van der Waals surface area (Å²) >= 11 is 0. The highest BCUT2D eigenvalue weighted by molar-refractivity contribution is 5.77. The van der Waals surface area contributed by atoms with Crippen LogP contribution in [0.25, 0.3) is 0 Å². The molecule has 0 bridgehead atoms. The van der Waals surface area contributed by atoms with Crippen LogP contribution >= 0.6 is 0 Å². The second-order valence-electron chi connectivity index (χ2n) is 4.21. The molecule has 98 valence electrons. The molecule has 0 N–H and O–H groups in total. The molecule has 0 aliphatic rings. The van der Waals surface area contributed by atoms with Crippen LogP contribution in [0.15, 0.2) is 0 Å². The van der Waals surface area contributed by atoms with Crippen molar-refractivity contribution in [2.75, 3.05) is 20.6 Å². The van der Waals surface area contributed by atoms with Gasteiger partial charge in [0.05, 0.1) is 0 Å². The van der Waals surface area contributed by atoms with Crippen molar-refractivity contribution in [1.29, 1.82) is 0 Å². The third-order valence-corrected chi connectivity index (χ3v) is 2.46. The van der Waals surface area contributed by atoms with Gasteiger partial charge in [-0.2, -0.15) is 0 Å². The third-order valence-electron chi connectivity index (χ3n) is 2.46. The molecule has 0 spiro atoms. The van der Waals surface area contributed by atoms with Crippen molar-refractivity contribution in [1.82, 2.24) is 4.90 Å². The van der Waals surface area contributed by atoms with Gasteiger partial charge in [0.2, 0.25) is 0 Å². The summed E-state index contributed by atoms with van der Waals surface area (Å²) in [5.41, 5.74) is 0. The number of rotatable bonds is 9. The van der Waals surface area contributed by atoms with Crippen LogP contribution in [0.5, 0.6) is 0 Å². The number of ketones is 1.